The molecule has 2 aromatic carbocycles. The molecule has 0 saturated carbocycles. The highest BCUT2D eigenvalue weighted by molar-refractivity contribution is 6.30. The van der Waals surface area contributed by atoms with Gasteiger partial charge in [0, 0.05) is 24.4 Å². The Balaban J connectivity index is 1.71. The molecular weight excluding hydrogens is 419 g/mol. The molecule has 1 atom stereocenters. The lowest BCUT2D eigenvalue weighted by atomic mass is 9.83. The first-order valence-electron chi connectivity index (χ1n) is 9.17. The first-order chi connectivity index (χ1) is 14.1. The van der Waals surface area contributed by atoms with E-state index in [1.807, 2.05) is 19.1 Å². The van der Waals surface area contributed by atoms with E-state index >= 15 is 0 Å². The minimum atomic E-state index is -4.42. The largest absolute Gasteiger partial charge is 0.416 e. The number of alkyl halides is 3. The Labute approximate surface area is 177 Å². The van der Waals surface area contributed by atoms with E-state index in [1.165, 1.54) is 12.1 Å². The molecule has 0 saturated heterocycles. The molecule has 5 nitrogen and oxygen atoms in total. The van der Waals surface area contributed by atoms with Gasteiger partial charge in [-0.25, -0.2) is 0 Å². The second kappa shape index (κ2) is 8.65. The van der Waals surface area contributed by atoms with E-state index in [0.717, 1.165) is 23.4 Å². The van der Waals surface area contributed by atoms with Crippen molar-refractivity contribution in [1.82, 2.24) is 5.01 Å². The number of halogens is 4. The molecule has 3 rings (SSSR count). The van der Waals surface area contributed by atoms with Crippen LogP contribution in [0.3, 0.4) is 0 Å². The number of ether oxygens (including phenoxy) is 1. The van der Waals surface area contributed by atoms with Crippen molar-refractivity contribution in [2.45, 2.75) is 13.1 Å². The molecule has 1 N–H and O–H groups in total. The van der Waals surface area contributed by atoms with E-state index in [4.69, 9.17) is 16.3 Å². The zero-order chi connectivity index (χ0) is 21.9. The average Bonchev–Trinajstić information content (AvgIpc) is 2.98. The normalized spacial score (nSPS) is 19.0. The van der Waals surface area contributed by atoms with Crippen molar-refractivity contribution in [3.8, 4) is 0 Å². The maximum absolute atomic E-state index is 12.7. The SMILES string of the molecule is COCC1(C)CN(CC(=O)Nc2ccc(C(F)(F)F)cc2)N=C1c1ccc(Cl)cc1. The molecule has 1 unspecified atom stereocenters. The topological polar surface area (TPSA) is 53.9 Å². The first kappa shape index (κ1) is 22.1. The molecular formula is C21H21ClF3N3O2. The van der Waals surface area contributed by atoms with E-state index in [-0.39, 0.29) is 18.1 Å². The van der Waals surface area contributed by atoms with Crippen LogP contribution in [0, 0.1) is 5.41 Å². The van der Waals surface area contributed by atoms with Crippen LogP contribution in [0.15, 0.2) is 53.6 Å². The van der Waals surface area contributed by atoms with Gasteiger partial charge in [-0.05, 0) is 48.9 Å². The third-order valence-electron chi connectivity index (χ3n) is 4.75. The third-order valence-corrected chi connectivity index (χ3v) is 5.00. The molecule has 0 bridgehead atoms. The summed E-state index contributed by atoms with van der Waals surface area (Å²) in [5.74, 6) is -0.379. The molecule has 160 valence electrons. The number of amides is 1. The summed E-state index contributed by atoms with van der Waals surface area (Å²) in [5.41, 5.74) is 0.742. The number of hydrogen-bond acceptors (Lipinski definition) is 4. The van der Waals surface area contributed by atoms with Gasteiger partial charge in [0.05, 0.1) is 23.3 Å². The van der Waals surface area contributed by atoms with Gasteiger partial charge in [-0.1, -0.05) is 23.7 Å². The number of hydrazone groups is 1. The summed E-state index contributed by atoms with van der Waals surface area (Å²) in [6, 6.07) is 11.6. The number of anilines is 1. The number of methoxy groups -OCH3 is 1. The fourth-order valence-electron chi connectivity index (χ4n) is 3.42. The quantitative estimate of drug-likeness (QED) is 0.711. The molecule has 1 aliphatic heterocycles. The molecule has 1 aliphatic rings. The van der Waals surface area contributed by atoms with E-state index in [0.29, 0.717) is 18.2 Å². The maximum atomic E-state index is 12.7. The summed E-state index contributed by atoms with van der Waals surface area (Å²) >= 11 is 5.97. The predicted molar refractivity (Wildman–Crippen MR) is 110 cm³/mol. The van der Waals surface area contributed by atoms with Crippen molar-refractivity contribution in [1.29, 1.82) is 0 Å². The van der Waals surface area contributed by atoms with Crippen LogP contribution in [0.1, 0.15) is 18.1 Å². The summed E-state index contributed by atoms with van der Waals surface area (Å²) in [7, 11) is 1.60. The number of rotatable bonds is 6. The highest BCUT2D eigenvalue weighted by atomic mass is 35.5. The fraction of sp³-hybridized carbons (Fsp3) is 0.333. The standard InChI is InChI=1S/C21H21ClF3N3O2/c1-20(13-30-2)12-28(27-19(20)14-3-7-16(22)8-4-14)11-18(29)26-17-9-5-15(6-10-17)21(23,24)25/h3-10H,11-13H2,1-2H3,(H,26,29). The lowest BCUT2D eigenvalue weighted by Gasteiger charge is -2.25. The van der Waals surface area contributed by atoms with E-state index < -0.39 is 17.2 Å². The molecule has 0 aliphatic carbocycles. The minimum Gasteiger partial charge on any atom is -0.384 e. The Morgan fingerprint density at radius 3 is 2.40 bits per heavy atom. The predicted octanol–water partition coefficient (Wildman–Crippen LogP) is 4.67. The molecule has 30 heavy (non-hydrogen) atoms. The third kappa shape index (κ3) is 5.12. The summed E-state index contributed by atoms with van der Waals surface area (Å²) in [5, 5.41) is 9.45. The summed E-state index contributed by atoms with van der Waals surface area (Å²) in [6.07, 6.45) is -4.42. The van der Waals surface area contributed by atoms with Crippen LogP contribution < -0.4 is 5.32 Å². The smallest absolute Gasteiger partial charge is 0.384 e. The van der Waals surface area contributed by atoms with Gasteiger partial charge in [-0.2, -0.15) is 18.3 Å². The zero-order valence-electron chi connectivity index (χ0n) is 16.5. The minimum absolute atomic E-state index is 0.0442. The highest BCUT2D eigenvalue weighted by Crippen LogP contribution is 2.32. The van der Waals surface area contributed by atoms with Crippen LogP contribution >= 0.6 is 11.6 Å². The van der Waals surface area contributed by atoms with Crippen LogP contribution in [0.25, 0.3) is 0 Å². The van der Waals surface area contributed by atoms with Crippen LogP contribution in [-0.4, -0.2) is 43.4 Å². The Bertz CT molecular complexity index is 930. The van der Waals surface area contributed by atoms with Gasteiger partial charge in [0.2, 0.25) is 5.91 Å². The molecule has 9 heteroatoms. The molecule has 0 aromatic heterocycles. The van der Waals surface area contributed by atoms with Gasteiger partial charge < -0.3 is 10.1 Å². The van der Waals surface area contributed by atoms with Crippen molar-refractivity contribution in [3.05, 3.63) is 64.7 Å². The van der Waals surface area contributed by atoms with Crippen molar-refractivity contribution >= 4 is 28.9 Å². The van der Waals surface area contributed by atoms with E-state index in [2.05, 4.69) is 10.4 Å². The molecule has 0 radical (unpaired) electrons. The monoisotopic (exact) mass is 439 g/mol. The molecule has 1 amide bonds. The Hall–Kier alpha value is -2.58. The second-order valence-electron chi connectivity index (χ2n) is 7.40. The zero-order valence-corrected chi connectivity index (χ0v) is 17.2. The molecule has 0 spiro atoms. The Kier molecular flexibility index (Phi) is 6.38. The Morgan fingerprint density at radius 2 is 1.83 bits per heavy atom. The highest BCUT2D eigenvalue weighted by Gasteiger charge is 2.40. The number of nitrogens with one attached hydrogen (secondary N) is 1. The molecule has 0 fully saturated rings. The van der Waals surface area contributed by atoms with E-state index in [9.17, 15) is 18.0 Å². The van der Waals surface area contributed by atoms with Gasteiger partial charge >= 0.3 is 6.18 Å². The van der Waals surface area contributed by atoms with Gasteiger partial charge in [0.1, 0.15) is 6.54 Å². The van der Waals surface area contributed by atoms with Crippen molar-refractivity contribution in [2.75, 3.05) is 32.1 Å². The van der Waals surface area contributed by atoms with Crippen molar-refractivity contribution in [2.24, 2.45) is 10.5 Å². The van der Waals surface area contributed by atoms with Crippen LogP contribution in [0.4, 0.5) is 18.9 Å². The lowest BCUT2D eigenvalue weighted by molar-refractivity contribution is -0.137. The summed E-state index contributed by atoms with van der Waals surface area (Å²) < 4.78 is 43.3. The summed E-state index contributed by atoms with van der Waals surface area (Å²) in [6.45, 7) is 2.82. The lowest BCUT2D eigenvalue weighted by Crippen LogP contribution is -2.37. The van der Waals surface area contributed by atoms with Crippen molar-refractivity contribution < 1.29 is 22.7 Å². The first-order valence-corrected chi connectivity index (χ1v) is 9.54. The maximum Gasteiger partial charge on any atom is 0.416 e. The number of hydrogen-bond donors (Lipinski definition) is 1. The number of nitrogens with zero attached hydrogens (tertiary/aromatic N) is 2. The molecule has 1 heterocycles. The summed E-state index contributed by atoms with van der Waals surface area (Å²) in [4.78, 5) is 12.4. The fourth-order valence-corrected chi connectivity index (χ4v) is 3.55. The van der Waals surface area contributed by atoms with Crippen molar-refractivity contribution in [3.63, 3.8) is 0 Å². The van der Waals surface area contributed by atoms with Crippen LogP contribution in [-0.2, 0) is 15.7 Å². The second-order valence-corrected chi connectivity index (χ2v) is 7.83. The Morgan fingerprint density at radius 1 is 1.20 bits per heavy atom. The van der Waals surface area contributed by atoms with E-state index in [1.54, 1.807) is 24.3 Å². The number of carbonyl (C=O) groups excluding carboxylic acids is 1. The van der Waals surface area contributed by atoms with Crippen LogP contribution in [0.5, 0.6) is 0 Å². The van der Waals surface area contributed by atoms with Gasteiger partial charge in [-0.15, -0.1) is 0 Å². The molecule has 2 aromatic rings. The number of benzene rings is 2. The van der Waals surface area contributed by atoms with Crippen LogP contribution in [0.2, 0.25) is 5.02 Å². The van der Waals surface area contributed by atoms with Gasteiger partial charge in [0.15, 0.2) is 0 Å². The van der Waals surface area contributed by atoms with Gasteiger partial charge in [-0.3, -0.25) is 9.80 Å². The average molecular weight is 440 g/mol. The van der Waals surface area contributed by atoms with Gasteiger partial charge in [0.25, 0.3) is 0 Å². The number of carbonyl (C=O) groups is 1.